The first kappa shape index (κ1) is 9.10. The SMILES string of the molecule is C=CN1CC(CC)(CC)OC1=O. The van der Waals surface area contributed by atoms with Gasteiger partial charge in [-0.1, -0.05) is 20.4 Å². The number of nitrogens with zero attached hydrogens (tertiary/aromatic N) is 1. The fourth-order valence-corrected chi connectivity index (χ4v) is 1.41. The predicted molar refractivity (Wildman–Crippen MR) is 46.7 cm³/mol. The van der Waals surface area contributed by atoms with Gasteiger partial charge in [-0.2, -0.15) is 0 Å². The number of carbonyl (C=O) groups excluding carboxylic acids is 1. The molecule has 1 saturated heterocycles. The third-order valence-electron chi connectivity index (χ3n) is 2.51. The van der Waals surface area contributed by atoms with Crippen LogP contribution in [0.15, 0.2) is 12.8 Å². The van der Waals surface area contributed by atoms with Crippen molar-refractivity contribution in [3.05, 3.63) is 12.8 Å². The molecule has 1 fully saturated rings. The Morgan fingerprint density at radius 3 is 2.50 bits per heavy atom. The summed E-state index contributed by atoms with van der Waals surface area (Å²) in [5.41, 5.74) is -0.273. The lowest BCUT2D eigenvalue weighted by atomic mass is 9.98. The van der Waals surface area contributed by atoms with Crippen molar-refractivity contribution in [3.63, 3.8) is 0 Å². The van der Waals surface area contributed by atoms with Crippen molar-refractivity contribution < 1.29 is 9.53 Å². The first-order valence-corrected chi connectivity index (χ1v) is 4.29. The fourth-order valence-electron chi connectivity index (χ4n) is 1.41. The lowest BCUT2D eigenvalue weighted by Gasteiger charge is -2.22. The van der Waals surface area contributed by atoms with E-state index in [1.165, 1.54) is 11.1 Å². The van der Waals surface area contributed by atoms with E-state index in [0.717, 1.165) is 12.8 Å². The van der Waals surface area contributed by atoms with E-state index in [2.05, 4.69) is 6.58 Å². The van der Waals surface area contributed by atoms with Crippen LogP contribution >= 0.6 is 0 Å². The van der Waals surface area contributed by atoms with Crippen molar-refractivity contribution in [1.29, 1.82) is 0 Å². The third-order valence-corrected chi connectivity index (χ3v) is 2.51. The molecule has 0 radical (unpaired) electrons. The van der Waals surface area contributed by atoms with Crippen LogP contribution < -0.4 is 0 Å². The number of hydrogen-bond acceptors (Lipinski definition) is 2. The highest BCUT2D eigenvalue weighted by atomic mass is 16.6. The van der Waals surface area contributed by atoms with Gasteiger partial charge in [-0.25, -0.2) is 4.79 Å². The molecule has 0 bridgehead atoms. The molecule has 0 aromatic carbocycles. The summed E-state index contributed by atoms with van der Waals surface area (Å²) < 4.78 is 5.27. The Kier molecular flexibility index (Phi) is 2.40. The molecule has 0 saturated carbocycles. The molecule has 0 unspecified atom stereocenters. The van der Waals surface area contributed by atoms with E-state index in [1.807, 2.05) is 13.8 Å². The summed E-state index contributed by atoms with van der Waals surface area (Å²) in [7, 11) is 0. The lowest BCUT2D eigenvalue weighted by molar-refractivity contribution is 0.0504. The molecule has 1 amide bonds. The summed E-state index contributed by atoms with van der Waals surface area (Å²) in [5, 5.41) is 0. The van der Waals surface area contributed by atoms with Crippen molar-refractivity contribution in [1.82, 2.24) is 4.90 Å². The van der Waals surface area contributed by atoms with Gasteiger partial charge < -0.3 is 4.74 Å². The van der Waals surface area contributed by atoms with Gasteiger partial charge in [0.15, 0.2) is 0 Å². The summed E-state index contributed by atoms with van der Waals surface area (Å²) in [6.45, 7) is 8.26. The minimum atomic E-state index is -0.273. The van der Waals surface area contributed by atoms with Crippen LogP contribution in [0, 0.1) is 0 Å². The van der Waals surface area contributed by atoms with E-state index in [4.69, 9.17) is 4.74 Å². The van der Waals surface area contributed by atoms with Crippen molar-refractivity contribution in [2.45, 2.75) is 32.3 Å². The maximum absolute atomic E-state index is 11.2. The molecule has 0 aliphatic carbocycles. The Morgan fingerprint density at radius 2 is 2.25 bits per heavy atom. The smallest absolute Gasteiger partial charge is 0.414 e. The van der Waals surface area contributed by atoms with Crippen LogP contribution in [0.1, 0.15) is 26.7 Å². The molecular formula is C9H15NO2. The van der Waals surface area contributed by atoms with Crippen molar-refractivity contribution in [2.24, 2.45) is 0 Å². The largest absolute Gasteiger partial charge is 0.441 e. The Morgan fingerprint density at radius 1 is 1.67 bits per heavy atom. The molecule has 0 spiro atoms. The van der Waals surface area contributed by atoms with Gasteiger partial charge >= 0.3 is 6.09 Å². The van der Waals surface area contributed by atoms with Crippen LogP contribution in [0.2, 0.25) is 0 Å². The molecule has 0 aromatic rings. The maximum Gasteiger partial charge on any atom is 0.414 e. The second kappa shape index (κ2) is 3.17. The molecule has 1 rings (SSSR count). The minimum absolute atomic E-state index is 0.270. The zero-order chi connectivity index (χ0) is 9.19. The zero-order valence-corrected chi connectivity index (χ0v) is 7.67. The number of ether oxygens (including phenoxy) is 1. The fraction of sp³-hybridized carbons (Fsp3) is 0.667. The van der Waals surface area contributed by atoms with E-state index >= 15 is 0 Å². The van der Waals surface area contributed by atoms with E-state index in [9.17, 15) is 4.79 Å². The monoisotopic (exact) mass is 169 g/mol. The highest BCUT2D eigenvalue weighted by Crippen LogP contribution is 2.28. The Bertz CT molecular complexity index is 197. The van der Waals surface area contributed by atoms with Crippen LogP contribution in [0.5, 0.6) is 0 Å². The van der Waals surface area contributed by atoms with Crippen molar-refractivity contribution in [3.8, 4) is 0 Å². The first-order chi connectivity index (χ1) is 5.67. The second-order valence-electron chi connectivity index (χ2n) is 3.07. The zero-order valence-electron chi connectivity index (χ0n) is 7.67. The van der Waals surface area contributed by atoms with Crippen LogP contribution in [-0.2, 0) is 4.74 Å². The van der Waals surface area contributed by atoms with E-state index in [1.54, 1.807) is 0 Å². The summed E-state index contributed by atoms with van der Waals surface area (Å²) in [5.74, 6) is 0. The summed E-state index contributed by atoms with van der Waals surface area (Å²) in [6, 6.07) is 0. The molecule has 0 atom stereocenters. The molecule has 68 valence electrons. The Hall–Kier alpha value is -0.990. The molecule has 3 nitrogen and oxygen atoms in total. The van der Waals surface area contributed by atoms with Gasteiger partial charge in [-0.05, 0) is 12.8 Å². The van der Waals surface area contributed by atoms with Crippen molar-refractivity contribution in [2.75, 3.05) is 6.54 Å². The Labute approximate surface area is 73.0 Å². The first-order valence-electron chi connectivity index (χ1n) is 4.29. The molecule has 0 N–H and O–H groups in total. The van der Waals surface area contributed by atoms with Gasteiger partial charge in [0.2, 0.25) is 0 Å². The van der Waals surface area contributed by atoms with Gasteiger partial charge in [0.1, 0.15) is 5.60 Å². The van der Waals surface area contributed by atoms with Crippen molar-refractivity contribution >= 4 is 6.09 Å². The standard InChI is InChI=1S/C9H15NO2/c1-4-9(5-2)7-10(6-3)8(11)12-9/h6H,3-5,7H2,1-2H3. The van der Waals surface area contributed by atoms with Crippen LogP contribution in [0.3, 0.4) is 0 Å². The number of hydrogen-bond donors (Lipinski definition) is 0. The van der Waals surface area contributed by atoms with Gasteiger partial charge in [0, 0.05) is 6.20 Å². The maximum atomic E-state index is 11.2. The van der Waals surface area contributed by atoms with Crippen LogP contribution in [0.4, 0.5) is 4.79 Å². The van der Waals surface area contributed by atoms with Gasteiger partial charge in [0.25, 0.3) is 0 Å². The molecule has 1 aliphatic heterocycles. The molecular weight excluding hydrogens is 154 g/mol. The highest BCUT2D eigenvalue weighted by molar-refractivity contribution is 5.71. The summed E-state index contributed by atoms with van der Waals surface area (Å²) in [4.78, 5) is 12.7. The highest BCUT2D eigenvalue weighted by Gasteiger charge is 2.41. The van der Waals surface area contributed by atoms with E-state index < -0.39 is 0 Å². The number of carbonyl (C=O) groups is 1. The second-order valence-corrected chi connectivity index (χ2v) is 3.07. The molecule has 12 heavy (non-hydrogen) atoms. The predicted octanol–water partition coefficient (Wildman–Crippen LogP) is 2.14. The van der Waals surface area contributed by atoms with Crippen LogP contribution in [-0.4, -0.2) is 23.1 Å². The average Bonchev–Trinajstić information content (AvgIpc) is 2.43. The quantitative estimate of drug-likeness (QED) is 0.647. The van der Waals surface area contributed by atoms with E-state index in [0.29, 0.717) is 6.54 Å². The van der Waals surface area contributed by atoms with Crippen LogP contribution in [0.25, 0.3) is 0 Å². The lowest BCUT2D eigenvalue weighted by Crippen LogP contribution is -2.31. The number of amides is 1. The molecule has 0 aromatic heterocycles. The molecule has 1 aliphatic rings. The topological polar surface area (TPSA) is 29.5 Å². The normalized spacial score (nSPS) is 20.8. The number of rotatable bonds is 3. The molecule has 3 heteroatoms. The summed E-state index contributed by atoms with van der Waals surface area (Å²) in [6.07, 6.45) is 2.97. The minimum Gasteiger partial charge on any atom is -0.441 e. The van der Waals surface area contributed by atoms with Gasteiger partial charge in [-0.3, -0.25) is 4.90 Å². The van der Waals surface area contributed by atoms with Gasteiger partial charge in [-0.15, -0.1) is 0 Å². The number of cyclic esters (lactones) is 1. The van der Waals surface area contributed by atoms with E-state index in [-0.39, 0.29) is 11.7 Å². The third kappa shape index (κ3) is 1.31. The van der Waals surface area contributed by atoms with Gasteiger partial charge in [0.05, 0.1) is 6.54 Å². The average molecular weight is 169 g/mol. The molecule has 1 heterocycles. The Balaban J connectivity index is 2.74. The summed E-state index contributed by atoms with van der Waals surface area (Å²) >= 11 is 0.